The number of Topliss-reactive ketones (excluding diaryl/α,β-unsaturated/α-hetero) is 1. The van der Waals surface area contributed by atoms with Crippen LogP contribution in [0.4, 0.5) is 11.7 Å². The van der Waals surface area contributed by atoms with E-state index in [4.69, 9.17) is 25.5 Å². The van der Waals surface area contributed by atoms with Gasteiger partial charge in [-0.1, -0.05) is 11.6 Å². The number of carbonyl (C=O) groups excluding carboxylic acids is 2. The van der Waals surface area contributed by atoms with Crippen molar-refractivity contribution in [3.63, 3.8) is 0 Å². The highest BCUT2D eigenvalue weighted by Gasteiger charge is 2.20. The fraction of sp³-hybridized carbons (Fsp3) is 0.389. The smallest absolute Gasteiger partial charge is 0.295 e. The molecule has 0 fully saturated rings. The summed E-state index contributed by atoms with van der Waals surface area (Å²) in [4.78, 5) is 28.5. The van der Waals surface area contributed by atoms with Gasteiger partial charge in [0.25, 0.3) is 11.9 Å². The molecule has 0 radical (unpaired) electrons. The maximum Gasteiger partial charge on any atom is 0.295 e. The SMILES string of the molecule is COCCOc1ccc(C(C)=O)c(NC(=O)c2coc(NC(C)C)n2)c1Cl. The number of benzene rings is 1. The molecule has 0 atom stereocenters. The van der Waals surface area contributed by atoms with Crippen molar-refractivity contribution in [1.29, 1.82) is 0 Å². The number of oxazole rings is 1. The lowest BCUT2D eigenvalue weighted by Crippen LogP contribution is -2.16. The molecule has 0 saturated carbocycles. The zero-order chi connectivity index (χ0) is 20.0. The minimum Gasteiger partial charge on any atom is -0.490 e. The van der Waals surface area contributed by atoms with Gasteiger partial charge in [0.2, 0.25) is 0 Å². The molecular formula is C18H22ClN3O5. The molecule has 1 aromatic heterocycles. The summed E-state index contributed by atoms with van der Waals surface area (Å²) in [5, 5.41) is 5.69. The number of ketones is 1. The summed E-state index contributed by atoms with van der Waals surface area (Å²) in [5.74, 6) is -0.483. The van der Waals surface area contributed by atoms with Crippen LogP contribution in [0.1, 0.15) is 41.6 Å². The maximum absolute atomic E-state index is 12.5. The molecule has 27 heavy (non-hydrogen) atoms. The van der Waals surface area contributed by atoms with Gasteiger partial charge in [0.15, 0.2) is 11.5 Å². The number of methoxy groups -OCH3 is 1. The lowest BCUT2D eigenvalue weighted by atomic mass is 10.1. The van der Waals surface area contributed by atoms with Crippen molar-refractivity contribution < 1.29 is 23.5 Å². The molecule has 1 amide bonds. The highest BCUT2D eigenvalue weighted by atomic mass is 35.5. The zero-order valence-electron chi connectivity index (χ0n) is 15.6. The Morgan fingerprint density at radius 2 is 2.04 bits per heavy atom. The van der Waals surface area contributed by atoms with Crippen LogP contribution in [0, 0.1) is 0 Å². The van der Waals surface area contributed by atoms with Crippen LogP contribution in [-0.2, 0) is 4.74 Å². The van der Waals surface area contributed by atoms with Crippen LogP contribution in [0.25, 0.3) is 0 Å². The quantitative estimate of drug-likeness (QED) is 0.493. The summed E-state index contributed by atoms with van der Waals surface area (Å²) in [7, 11) is 1.55. The number of carbonyl (C=O) groups is 2. The lowest BCUT2D eigenvalue weighted by Gasteiger charge is -2.14. The van der Waals surface area contributed by atoms with Crippen LogP contribution in [0.3, 0.4) is 0 Å². The standard InChI is InChI=1S/C18H22ClN3O5/c1-10(2)20-18-21-13(9-27-18)17(24)22-16-12(11(3)23)5-6-14(15(16)19)26-8-7-25-4/h5-6,9-10H,7-8H2,1-4H3,(H,20,21)(H,22,24). The van der Waals surface area contributed by atoms with Gasteiger partial charge in [-0.25, -0.2) is 0 Å². The summed E-state index contributed by atoms with van der Waals surface area (Å²) in [6.45, 7) is 5.86. The molecule has 1 heterocycles. The molecule has 0 saturated heterocycles. The second-order valence-electron chi connectivity index (χ2n) is 5.99. The van der Waals surface area contributed by atoms with E-state index in [1.807, 2.05) is 13.8 Å². The van der Waals surface area contributed by atoms with E-state index in [-0.39, 0.29) is 46.4 Å². The Bertz CT molecular complexity index is 819. The number of halogens is 1. The number of aromatic nitrogens is 1. The molecule has 1 aromatic carbocycles. The van der Waals surface area contributed by atoms with E-state index in [9.17, 15) is 9.59 Å². The fourth-order valence-corrected chi connectivity index (χ4v) is 2.45. The first-order valence-electron chi connectivity index (χ1n) is 8.32. The van der Waals surface area contributed by atoms with Crippen molar-refractivity contribution in [1.82, 2.24) is 4.98 Å². The molecule has 2 aromatic rings. The summed E-state index contributed by atoms with van der Waals surface area (Å²) >= 11 is 6.35. The molecule has 0 bridgehead atoms. The Labute approximate surface area is 162 Å². The molecule has 146 valence electrons. The van der Waals surface area contributed by atoms with Crippen molar-refractivity contribution in [3.05, 3.63) is 34.7 Å². The second-order valence-corrected chi connectivity index (χ2v) is 6.37. The van der Waals surface area contributed by atoms with Crippen molar-refractivity contribution in [2.75, 3.05) is 31.0 Å². The average molecular weight is 396 g/mol. The molecule has 9 heteroatoms. The van der Waals surface area contributed by atoms with E-state index in [2.05, 4.69) is 15.6 Å². The number of hydrogen-bond acceptors (Lipinski definition) is 7. The molecule has 8 nitrogen and oxygen atoms in total. The molecule has 0 aliphatic carbocycles. The number of hydrogen-bond donors (Lipinski definition) is 2. The molecule has 2 N–H and O–H groups in total. The second kappa shape index (κ2) is 9.38. The van der Waals surface area contributed by atoms with E-state index >= 15 is 0 Å². The molecule has 2 rings (SSSR count). The van der Waals surface area contributed by atoms with Crippen LogP contribution >= 0.6 is 11.6 Å². The van der Waals surface area contributed by atoms with Crippen LogP contribution in [0.5, 0.6) is 5.75 Å². The highest BCUT2D eigenvalue weighted by Crippen LogP contribution is 2.36. The fourth-order valence-electron chi connectivity index (χ4n) is 2.19. The Balaban J connectivity index is 2.26. The number of rotatable bonds is 9. The van der Waals surface area contributed by atoms with Crippen LogP contribution in [-0.4, -0.2) is 43.0 Å². The first kappa shape index (κ1) is 20.7. The Kier molecular flexibility index (Phi) is 7.20. The normalized spacial score (nSPS) is 10.7. The van der Waals surface area contributed by atoms with E-state index < -0.39 is 5.91 Å². The number of nitrogens with zero attached hydrogens (tertiary/aromatic N) is 1. The maximum atomic E-state index is 12.5. The summed E-state index contributed by atoms with van der Waals surface area (Å²) in [6, 6.07) is 3.44. The third-order valence-corrected chi connectivity index (χ3v) is 3.79. The van der Waals surface area contributed by atoms with Gasteiger partial charge in [0.1, 0.15) is 23.6 Å². The minimum atomic E-state index is -0.561. The van der Waals surface area contributed by atoms with Crippen molar-refractivity contribution >= 4 is 35.0 Å². The van der Waals surface area contributed by atoms with Gasteiger partial charge in [0.05, 0.1) is 12.3 Å². The number of ether oxygens (including phenoxy) is 2. The van der Waals surface area contributed by atoms with Gasteiger partial charge in [-0.3, -0.25) is 9.59 Å². The van der Waals surface area contributed by atoms with Crippen molar-refractivity contribution in [2.24, 2.45) is 0 Å². The molecule has 0 aliphatic rings. The number of nitrogens with one attached hydrogen (secondary N) is 2. The van der Waals surface area contributed by atoms with Crippen molar-refractivity contribution in [2.45, 2.75) is 26.8 Å². The average Bonchev–Trinajstić information content (AvgIpc) is 3.05. The molecule has 0 aliphatic heterocycles. The topological polar surface area (TPSA) is 103 Å². The Morgan fingerprint density at radius 1 is 1.30 bits per heavy atom. The summed E-state index contributed by atoms with van der Waals surface area (Å²) in [5.41, 5.74) is 0.469. The van der Waals surface area contributed by atoms with E-state index in [0.717, 1.165) is 0 Å². The van der Waals surface area contributed by atoms with Gasteiger partial charge in [-0.05, 0) is 32.9 Å². The zero-order valence-corrected chi connectivity index (χ0v) is 16.3. The number of amides is 1. The summed E-state index contributed by atoms with van der Waals surface area (Å²) in [6.07, 6.45) is 1.22. The Hall–Kier alpha value is -2.58. The first-order valence-corrected chi connectivity index (χ1v) is 8.69. The third-order valence-electron chi connectivity index (χ3n) is 3.42. The predicted octanol–water partition coefficient (Wildman–Crippen LogP) is 3.63. The van der Waals surface area contributed by atoms with Gasteiger partial charge < -0.3 is 24.5 Å². The monoisotopic (exact) mass is 395 g/mol. The Morgan fingerprint density at radius 3 is 2.67 bits per heavy atom. The van der Waals surface area contributed by atoms with Gasteiger partial charge in [0, 0.05) is 18.7 Å². The third kappa shape index (κ3) is 5.45. The number of anilines is 2. The highest BCUT2D eigenvalue weighted by molar-refractivity contribution is 6.36. The van der Waals surface area contributed by atoms with Crippen molar-refractivity contribution in [3.8, 4) is 5.75 Å². The summed E-state index contributed by atoms with van der Waals surface area (Å²) < 4.78 is 15.7. The van der Waals surface area contributed by atoms with Gasteiger partial charge in [-0.2, -0.15) is 4.98 Å². The van der Waals surface area contributed by atoms with Crippen LogP contribution in [0.2, 0.25) is 5.02 Å². The molecular weight excluding hydrogens is 374 g/mol. The first-order chi connectivity index (χ1) is 12.8. The van der Waals surface area contributed by atoms with E-state index in [1.165, 1.54) is 13.2 Å². The van der Waals surface area contributed by atoms with Gasteiger partial charge >= 0.3 is 0 Å². The van der Waals surface area contributed by atoms with Gasteiger partial charge in [-0.15, -0.1) is 0 Å². The van der Waals surface area contributed by atoms with Crippen LogP contribution < -0.4 is 15.4 Å². The lowest BCUT2D eigenvalue weighted by molar-refractivity contribution is 0.101. The molecule has 0 unspecified atom stereocenters. The van der Waals surface area contributed by atoms with E-state index in [1.54, 1.807) is 19.2 Å². The van der Waals surface area contributed by atoms with E-state index in [0.29, 0.717) is 12.4 Å². The minimum absolute atomic E-state index is 0.0504. The largest absolute Gasteiger partial charge is 0.490 e. The van der Waals surface area contributed by atoms with Crippen LogP contribution in [0.15, 0.2) is 22.8 Å². The predicted molar refractivity (Wildman–Crippen MR) is 102 cm³/mol. The molecule has 0 spiro atoms.